The molecule has 0 N–H and O–H groups in total. The maximum absolute atomic E-state index is 13.1. The molecule has 0 unspecified atom stereocenters. The number of benzene rings is 2. The van der Waals surface area contributed by atoms with Crippen LogP contribution in [0.15, 0.2) is 65.7 Å². The number of ether oxygens (including phenoxy) is 1. The summed E-state index contributed by atoms with van der Waals surface area (Å²) in [5.41, 5.74) is 1.51. The van der Waals surface area contributed by atoms with Crippen molar-refractivity contribution in [3.8, 4) is 0 Å². The first-order valence-electron chi connectivity index (χ1n) is 8.61. The van der Waals surface area contributed by atoms with Crippen molar-refractivity contribution in [3.05, 3.63) is 66.4 Å². The van der Waals surface area contributed by atoms with Gasteiger partial charge in [0, 0.05) is 17.5 Å². The van der Waals surface area contributed by atoms with E-state index in [1.54, 1.807) is 49.5 Å². The van der Waals surface area contributed by atoms with Crippen molar-refractivity contribution in [2.75, 3.05) is 6.61 Å². The van der Waals surface area contributed by atoms with Gasteiger partial charge in [0.25, 0.3) is 10.0 Å². The van der Waals surface area contributed by atoms with E-state index < -0.39 is 10.0 Å². The maximum atomic E-state index is 13.1. The molecule has 4 rings (SSSR count). The predicted molar refractivity (Wildman–Crippen MR) is 98.4 cm³/mol. The molecule has 6 heteroatoms. The minimum absolute atomic E-state index is 0.00572. The zero-order valence-electron chi connectivity index (χ0n) is 14.3. The van der Waals surface area contributed by atoms with Gasteiger partial charge in [-0.15, -0.1) is 0 Å². The number of fused-ring (bicyclic) bond motifs is 1. The van der Waals surface area contributed by atoms with E-state index in [9.17, 15) is 13.2 Å². The SMILES string of the molecule is CCOC(=O)[C@H]1C[C@H]1c1cn(S(=O)(=O)c2ccccc2)c2ccccc12. The number of nitrogens with zero attached hydrogens (tertiary/aromatic N) is 1. The van der Waals surface area contributed by atoms with Crippen LogP contribution in [0.2, 0.25) is 0 Å². The minimum atomic E-state index is -3.70. The average Bonchev–Trinajstić information content (AvgIpc) is 3.36. The first-order valence-corrected chi connectivity index (χ1v) is 10.0. The molecular weight excluding hydrogens is 350 g/mol. The second-order valence-corrected chi connectivity index (χ2v) is 8.23. The number of aromatic nitrogens is 1. The summed E-state index contributed by atoms with van der Waals surface area (Å²) in [4.78, 5) is 12.2. The van der Waals surface area contributed by atoms with E-state index in [1.807, 2.05) is 18.2 Å². The zero-order chi connectivity index (χ0) is 18.3. The first kappa shape index (κ1) is 16.8. The highest BCUT2D eigenvalue weighted by molar-refractivity contribution is 7.90. The van der Waals surface area contributed by atoms with Gasteiger partial charge in [-0.3, -0.25) is 4.79 Å². The molecule has 0 saturated heterocycles. The minimum Gasteiger partial charge on any atom is -0.466 e. The summed E-state index contributed by atoms with van der Waals surface area (Å²) in [6, 6.07) is 15.8. The summed E-state index contributed by atoms with van der Waals surface area (Å²) in [5, 5.41) is 0.865. The van der Waals surface area contributed by atoms with Gasteiger partial charge >= 0.3 is 5.97 Å². The lowest BCUT2D eigenvalue weighted by atomic mass is 10.1. The fourth-order valence-electron chi connectivity index (χ4n) is 3.42. The van der Waals surface area contributed by atoms with Gasteiger partial charge < -0.3 is 4.74 Å². The Hall–Kier alpha value is -2.60. The Morgan fingerprint density at radius 3 is 2.54 bits per heavy atom. The zero-order valence-corrected chi connectivity index (χ0v) is 15.1. The van der Waals surface area contributed by atoms with Gasteiger partial charge in [-0.1, -0.05) is 36.4 Å². The van der Waals surface area contributed by atoms with Crippen LogP contribution in [0, 0.1) is 5.92 Å². The topological polar surface area (TPSA) is 65.4 Å². The maximum Gasteiger partial charge on any atom is 0.309 e. The van der Waals surface area contributed by atoms with Crippen LogP contribution in [0.4, 0.5) is 0 Å². The normalized spacial score (nSPS) is 19.4. The number of hydrogen-bond acceptors (Lipinski definition) is 4. The van der Waals surface area contributed by atoms with E-state index in [0.717, 1.165) is 10.9 Å². The largest absolute Gasteiger partial charge is 0.466 e. The third-order valence-electron chi connectivity index (χ3n) is 4.79. The number of para-hydroxylation sites is 1. The Labute approximate surface area is 152 Å². The molecule has 1 fully saturated rings. The summed E-state index contributed by atoms with van der Waals surface area (Å²) in [5.74, 6) is -0.389. The van der Waals surface area contributed by atoms with Crippen LogP contribution >= 0.6 is 0 Å². The quantitative estimate of drug-likeness (QED) is 0.645. The highest BCUT2D eigenvalue weighted by Crippen LogP contribution is 2.50. The van der Waals surface area contributed by atoms with Gasteiger partial charge in [0.15, 0.2) is 0 Å². The van der Waals surface area contributed by atoms with Crippen molar-refractivity contribution in [1.82, 2.24) is 3.97 Å². The van der Waals surface area contributed by atoms with Gasteiger partial charge in [-0.25, -0.2) is 12.4 Å². The van der Waals surface area contributed by atoms with Crippen LogP contribution in [-0.4, -0.2) is 25.0 Å². The van der Waals surface area contributed by atoms with Crippen LogP contribution in [-0.2, 0) is 19.6 Å². The summed E-state index contributed by atoms with van der Waals surface area (Å²) < 4.78 is 32.6. The number of rotatable bonds is 5. The fraction of sp³-hybridized carbons (Fsp3) is 0.250. The molecule has 1 aromatic heterocycles. The molecule has 2 aromatic carbocycles. The third-order valence-corrected chi connectivity index (χ3v) is 6.48. The molecule has 0 bridgehead atoms. The van der Waals surface area contributed by atoms with Gasteiger partial charge in [-0.05, 0) is 37.1 Å². The Morgan fingerprint density at radius 2 is 1.81 bits per heavy atom. The highest BCUT2D eigenvalue weighted by atomic mass is 32.2. The standard InChI is InChI=1S/C20H19NO4S/c1-2-25-20(22)17-12-16(17)18-13-21(19-11-7-6-10-15(18)19)26(23,24)14-8-4-3-5-9-14/h3-11,13,16-17H,2,12H2,1H3/t16-,17+/m1/s1. The summed E-state index contributed by atoms with van der Waals surface area (Å²) in [7, 11) is -3.70. The molecule has 0 amide bonds. The van der Waals surface area contributed by atoms with Crippen molar-refractivity contribution in [2.24, 2.45) is 5.92 Å². The Balaban J connectivity index is 1.80. The molecule has 26 heavy (non-hydrogen) atoms. The molecular formula is C20H19NO4S. The molecule has 1 saturated carbocycles. The summed E-state index contributed by atoms with van der Waals surface area (Å²) in [6.07, 6.45) is 2.36. The average molecular weight is 369 g/mol. The molecule has 0 radical (unpaired) electrons. The van der Waals surface area contributed by atoms with E-state index in [1.165, 1.54) is 3.97 Å². The fourth-order valence-corrected chi connectivity index (χ4v) is 4.82. The predicted octanol–water partition coefficient (Wildman–Crippen LogP) is 3.54. The molecule has 0 aliphatic heterocycles. The molecule has 0 spiro atoms. The first-order chi connectivity index (χ1) is 12.5. The summed E-state index contributed by atoms with van der Waals surface area (Å²) in [6.45, 7) is 2.14. The molecule has 2 atom stereocenters. The van der Waals surface area contributed by atoms with Gasteiger partial charge in [0.05, 0.1) is 22.9 Å². The lowest BCUT2D eigenvalue weighted by Gasteiger charge is -2.07. The molecule has 5 nitrogen and oxygen atoms in total. The monoisotopic (exact) mass is 369 g/mol. The second-order valence-electron chi connectivity index (χ2n) is 6.42. The molecule has 134 valence electrons. The lowest BCUT2D eigenvalue weighted by Crippen LogP contribution is -2.11. The highest BCUT2D eigenvalue weighted by Gasteiger charge is 2.46. The molecule has 1 aliphatic carbocycles. The molecule has 1 aliphatic rings. The van der Waals surface area contributed by atoms with Crippen molar-refractivity contribution in [2.45, 2.75) is 24.2 Å². The third kappa shape index (κ3) is 2.70. The van der Waals surface area contributed by atoms with E-state index in [0.29, 0.717) is 18.5 Å². The van der Waals surface area contributed by atoms with Crippen LogP contribution in [0.5, 0.6) is 0 Å². The lowest BCUT2D eigenvalue weighted by molar-refractivity contribution is -0.144. The van der Waals surface area contributed by atoms with Gasteiger partial charge in [0.1, 0.15) is 0 Å². The Morgan fingerprint density at radius 1 is 1.12 bits per heavy atom. The number of esters is 1. The van der Waals surface area contributed by atoms with Crippen molar-refractivity contribution >= 4 is 26.9 Å². The van der Waals surface area contributed by atoms with Crippen LogP contribution in [0.1, 0.15) is 24.8 Å². The van der Waals surface area contributed by atoms with E-state index in [2.05, 4.69) is 0 Å². The van der Waals surface area contributed by atoms with Crippen molar-refractivity contribution in [1.29, 1.82) is 0 Å². The Kier molecular flexibility index (Phi) is 4.07. The van der Waals surface area contributed by atoms with Gasteiger partial charge in [0.2, 0.25) is 0 Å². The van der Waals surface area contributed by atoms with Gasteiger partial charge in [-0.2, -0.15) is 0 Å². The van der Waals surface area contributed by atoms with E-state index in [-0.39, 0.29) is 22.7 Å². The second kappa shape index (κ2) is 6.29. The number of hydrogen-bond donors (Lipinski definition) is 0. The number of carbonyl (C=O) groups excluding carboxylic acids is 1. The number of carbonyl (C=O) groups is 1. The summed E-state index contributed by atoms with van der Waals surface area (Å²) >= 11 is 0. The molecule has 3 aromatic rings. The Bertz CT molecular complexity index is 1070. The van der Waals surface area contributed by atoms with Crippen molar-refractivity contribution in [3.63, 3.8) is 0 Å². The molecule has 1 heterocycles. The van der Waals surface area contributed by atoms with E-state index >= 15 is 0 Å². The van der Waals surface area contributed by atoms with Crippen LogP contribution in [0.3, 0.4) is 0 Å². The van der Waals surface area contributed by atoms with Crippen molar-refractivity contribution < 1.29 is 17.9 Å². The van der Waals surface area contributed by atoms with Crippen LogP contribution < -0.4 is 0 Å². The van der Waals surface area contributed by atoms with Crippen LogP contribution in [0.25, 0.3) is 10.9 Å². The smallest absolute Gasteiger partial charge is 0.309 e. The van der Waals surface area contributed by atoms with E-state index in [4.69, 9.17) is 4.74 Å².